The average Bonchev–Trinajstić information content (AvgIpc) is 2.28. The van der Waals surface area contributed by atoms with E-state index in [1.807, 2.05) is 0 Å². The summed E-state index contributed by atoms with van der Waals surface area (Å²) in [5.41, 5.74) is 0. The van der Waals surface area contributed by atoms with Crippen LogP contribution in [0.4, 0.5) is 0 Å². The molecule has 0 fully saturated rings. The van der Waals surface area contributed by atoms with Crippen molar-refractivity contribution in [1.29, 1.82) is 0 Å². The molecular formula is C10H18N4O4. The summed E-state index contributed by atoms with van der Waals surface area (Å²) in [4.78, 5) is 43.5. The molecule has 8 heteroatoms. The zero-order valence-electron chi connectivity index (χ0n) is 10.4. The summed E-state index contributed by atoms with van der Waals surface area (Å²) in [6.07, 6.45) is 0.439. The monoisotopic (exact) mass is 258 g/mol. The molecule has 0 radical (unpaired) electrons. The molecule has 8 nitrogen and oxygen atoms in total. The quantitative estimate of drug-likeness (QED) is 0.225. The van der Waals surface area contributed by atoms with Crippen molar-refractivity contribution in [2.75, 3.05) is 13.7 Å². The van der Waals surface area contributed by atoms with Crippen LogP contribution in [-0.4, -0.2) is 43.9 Å². The number of hydrogen-bond donors (Lipinski definition) is 4. The predicted octanol–water partition coefficient (Wildman–Crippen LogP) is -2.16. The predicted molar refractivity (Wildman–Crippen MR) is 63.1 cm³/mol. The second kappa shape index (κ2) is 8.97. The van der Waals surface area contributed by atoms with Gasteiger partial charge >= 0.3 is 0 Å². The number of carbonyl (C=O) groups is 4. The van der Waals surface area contributed by atoms with E-state index in [1.165, 1.54) is 14.0 Å². The molecule has 0 aromatic heterocycles. The van der Waals surface area contributed by atoms with E-state index in [1.54, 1.807) is 0 Å². The second-order valence-corrected chi connectivity index (χ2v) is 3.58. The Morgan fingerprint density at radius 2 is 1.78 bits per heavy atom. The van der Waals surface area contributed by atoms with E-state index in [0.717, 1.165) is 0 Å². The van der Waals surface area contributed by atoms with Crippen molar-refractivity contribution in [3.05, 3.63) is 0 Å². The van der Waals surface area contributed by atoms with E-state index < -0.39 is 6.04 Å². The summed E-state index contributed by atoms with van der Waals surface area (Å²) in [5.74, 6) is -0.956. The summed E-state index contributed by atoms with van der Waals surface area (Å²) in [5, 5.41) is 9.61. The van der Waals surface area contributed by atoms with Gasteiger partial charge in [-0.05, 0) is 0 Å². The van der Waals surface area contributed by atoms with Gasteiger partial charge in [0.1, 0.15) is 0 Å². The van der Waals surface area contributed by atoms with Gasteiger partial charge in [-0.15, -0.1) is 0 Å². The molecule has 0 aliphatic rings. The molecule has 0 aliphatic heterocycles. The molecule has 0 bridgehead atoms. The van der Waals surface area contributed by atoms with Crippen molar-refractivity contribution in [3.8, 4) is 0 Å². The zero-order chi connectivity index (χ0) is 14.0. The highest BCUT2D eigenvalue weighted by molar-refractivity contribution is 5.82. The van der Waals surface area contributed by atoms with E-state index in [2.05, 4.69) is 21.3 Å². The van der Waals surface area contributed by atoms with Crippen molar-refractivity contribution in [2.45, 2.75) is 25.8 Å². The maximum absolute atomic E-state index is 11.4. The lowest BCUT2D eigenvalue weighted by atomic mass is 10.1. The van der Waals surface area contributed by atoms with Crippen LogP contribution in [-0.2, 0) is 19.2 Å². The van der Waals surface area contributed by atoms with E-state index in [4.69, 9.17) is 0 Å². The smallest absolute Gasteiger partial charge is 0.223 e. The molecule has 0 heterocycles. The van der Waals surface area contributed by atoms with Crippen LogP contribution >= 0.6 is 0 Å². The van der Waals surface area contributed by atoms with Crippen molar-refractivity contribution < 1.29 is 19.2 Å². The Kier molecular flexibility index (Phi) is 7.91. The largest absolute Gasteiger partial charge is 0.359 e. The second-order valence-electron chi connectivity index (χ2n) is 3.58. The minimum absolute atomic E-state index is 0.00903. The standard InChI is InChI=1S/C10H18N4O4/c1-7(16)14-8(3-9(17)11-2)4-10(18)13-5-12-6-15/h6,8H,3-5H2,1-2H3,(H,11,17)(H,12,15)(H,13,18)(H,14,16). The summed E-state index contributed by atoms with van der Waals surface area (Å²) in [6, 6.07) is -0.571. The van der Waals surface area contributed by atoms with E-state index in [9.17, 15) is 19.2 Å². The molecule has 0 spiro atoms. The van der Waals surface area contributed by atoms with Crippen LogP contribution in [0.2, 0.25) is 0 Å². The molecule has 0 aromatic carbocycles. The average molecular weight is 258 g/mol. The molecule has 4 N–H and O–H groups in total. The number of nitrogens with one attached hydrogen (secondary N) is 4. The third-order valence-corrected chi connectivity index (χ3v) is 2.02. The highest BCUT2D eigenvalue weighted by Crippen LogP contribution is 1.98. The van der Waals surface area contributed by atoms with Crippen LogP contribution in [0.3, 0.4) is 0 Å². The van der Waals surface area contributed by atoms with Gasteiger partial charge in [0.25, 0.3) is 0 Å². The minimum atomic E-state index is -0.571. The van der Waals surface area contributed by atoms with Crippen LogP contribution in [0.5, 0.6) is 0 Å². The Bertz CT molecular complexity index is 319. The lowest BCUT2D eigenvalue weighted by Gasteiger charge is -2.16. The molecule has 102 valence electrons. The molecule has 1 atom stereocenters. The third-order valence-electron chi connectivity index (χ3n) is 2.02. The van der Waals surface area contributed by atoms with Crippen LogP contribution in [0.1, 0.15) is 19.8 Å². The van der Waals surface area contributed by atoms with Gasteiger partial charge in [-0.25, -0.2) is 0 Å². The molecule has 18 heavy (non-hydrogen) atoms. The first-order chi connectivity index (χ1) is 8.49. The molecule has 0 aromatic rings. The highest BCUT2D eigenvalue weighted by atomic mass is 16.2. The molecule has 4 amide bonds. The Balaban J connectivity index is 4.21. The van der Waals surface area contributed by atoms with Crippen molar-refractivity contribution in [1.82, 2.24) is 21.3 Å². The topological polar surface area (TPSA) is 116 Å². The summed E-state index contributed by atoms with van der Waals surface area (Å²) < 4.78 is 0. The fourth-order valence-electron chi connectivity index (χ4n) is 1.27. The van der Waals surface area contributed by atoms with Gasteiger partial charge in [0.15, 0.2) is 0 Å². The maximum Gasteiger partial charge on any atom is 0.223 e. The van der Waals surface area contributed by atoms with E-state index >= 15 is 0 Å². The van der Waals surface area contributed by atoms with Crippen LogP contribution in [0, 0.1) is 0 Å². The number of amides is 4. The fourth-order valence-corrected chi connectivity index (χ4v) is 1.27. The van der Waals surface area contributed by atoms with Crippen molar-refractivity contribution in [2.24, 2.45) is 0 Å². The summed E-state index contributed by atoms with van der Waals surface area (Å²) >= 11 is 0. The molecule has 0 saturated heterocycles. The van der Waals surface area contributed by atoms with Gasteiger partial charge in [-0.1, -0.05) is 0 Å². The zero-order valence-corrected chi connectivity index (χ0v) is 10.4. The van der Waals surface area contributed by atoms with Crippen molar-refractivity contribution in [3.63, 3.8) is 0 Å². The number of rotatable bonds is 8. The number of carbonyl (C=O) groups excluding carboxylic acids is 4. The normalized spacial score (nSPS) is 11.0. The first-order valence-corrected chi connectivity index (χ1v) is 5.41. The maximum atomic E-state index is 11.4. The Hall–Kier alpha value is -2.12. The molecule has 1 unspecified atom stereocenters. The Morgan fingerprint density at radius 1 is 1.17 bits per heavy atom. The van der Waals surface area contributed by atoms with Gasteiger partial charge in [-0.3, -0.25) is 19.2 Å². The van der Waals surface area contributed by atoms with E-state index in [-0.39, 0.29) is 37.2 Å². The molecule has 0 aliphatic carbocycles. The first kappa shape index (κ1) is 15.9. The van der Waals surface area contributed by atoms with E-state index in [0.29, 0.717) is 6.41 Å². The van der Waals surface area contributed by atoms with Gasteiger partial charge in [0.05, 0.1) is 6.67 Å². The third kappa shape index (κ3) is 8.08. The Labute approximate surface area is 105 Å². The SMILES string of the molecule is CNC(=O)CC(CC(=O)NCNC=O)NC(C)=O. The lowest BCUT2D eigenvalue weighted by molar-refractivity contribution is -0.124. The Morgan fingerprint density at radius 3 is 2.28 bits per heavy atom. The number of hydrogen-bond acceptors (Lipinski definition) is 4. The van der Waals surface area contributed by atoms with Gasteiger partial charge in [-0.2, -0.15) is 0 Å². The van der Waals surface area contributed by atoms with Crippen molar-refractivity contribution >= 4 is 24.1 Å². The van der Waals surface area contributed by atoms with Crippen LogP contribution in [0.15, 0.2) is 0 Å². The lowest BCUT2D eigenvalue weighted by Crippen LogP contribution is -2.42. The highest BCUT2D eigenvalue weighted by Gasteiger charge is 2.17. The summed E-state index contributed by atoms with van der Waals surface area (Å²) in [6.45, 7) is 1.32. The molecular weight excluding hydrogens is 240 g/mol. The van der Waals surface area contributed by atoms with Gasteiger partial charge < -0.3 is 21.3 Å². The molecule has 0 saturated carbocycles. The minimum Gasteiger partial charge on any atom is -0.359 e. The van der Waals surface area contributed by atoms with Crippen LogP contribution in [0.25, 0.3) is 0 Å². The van der Waals surface area contributed by atoms with Gasteiger partial charge in [0, 0.05) is 32.9 Å². The first-order valence-electron chi connectivity index (χ1n) is 5.41. The van der Waals surface area contributed by atoms with Gasteiger partial charge in [0.2, 0.25) is 24.1 Å². The molecule has 0 rings (SSSR count). The fraction of sp³-hybridized carbons (Fsp3) is 0.600. The van der Waals surface area contributed by atoms with Crippen LogP contribution < -0.4 is 21.3 Å². The summed E-state index contributed by atoms with van der Waals surface area (Å²) in [7, 11) is 1.47.